The predicted octanol–water partition coefficient (Wildman–Crippen LogP) is 3.82. The molecule has 1 aromatic heterocycles. The van der Waals surface area contributed by atoms with Gasteiger partial charge in [0.25, 0.3) is 0 Å². The van der Waals surface area contributed by atoms with Crippen LogP contribution in [-0.2, 0) is 9.59 Å². The third-order valence-electron chi connectivity index (χ3n) is 3.70. The summed E-state index contributed by atoms with van der Waals surface area (Å²) in [6.07, 6.45) is 0. The Morgan fingerprint density at radius 3 is 2.48 bits per heavy atom. The van der Waals surface area contributed by atoms with Crippen LogP contribution >= 0.6 is 23.4 Å². The van der Waals surface area contributed by atoms with Crippen molar-refractivity contribution < 1.29 is 14.3 Å². The third kappa shape index (κ3) is 5.72. The molecule has 10 heteroatoms. The molecule has 3 aromatic rings. The molecule has 0 spiro atoms. The molecule has 3 rings (SSSR count). The fourth-order valence-corrected chi connectivity index (χ4v) is 3.23. The molecule has 0 unspecified atom stereocenters. The van der Waals surface area contributed by atoms with Gasteiger partial charge in [-0.1, -0.05) is 23.4 Å². The van der Waals surface area contributed by atoms with E-state index in [0.29, 0.717) is 38.7 Å². The fourth-order valence-electron chi connectivity index (χ4n) is 2.46. The molecule has 150 valence electrons. The standard InChI is InChI=1S/C19H18ClN5O3S/c1-11(26)21-13-4-6-14(7-5-13)22-17(27)10-29-19-23-18(24-25-19)15-9-12(20)3-8-16(15)28-2/h3-9H,10H2,1-2H3,(H,21,26)(H,22,27)(H,23,24,25). The molecule has 2 amide bonds. The van der Waals surface area contributed by atoms with E-state index in [4.69, 9.17) is 16.3 Å². The highest BCUT2D eigenvalue weighted by molar-refractivity contribution is 7.99. The first-order valence-corrected chi connectivity index (χ1v) is 9.87. The maximum Gasteiger partial charge on any atom is 0.234 e. The van der Waals surface area contributed by atoms with Crippen molar-refractivity contribution in [3.63, 3.8) is 0 Å². The number of ether oxygens (including phenoxy) is 1. The molecule has 8 nitrogen and oxygen atoms in total. The summed E-state index contributed by atoms with van der Waals surface area (Å²) >= 11 is 7.24. The van der Waals surface area contributed by atoms with Gasteiger partial charge < -0.3 is 15.4 Å². The van der Waals surface area contributed by atoms with Crippen molar-refractivity contribution in [2.24, 2.45) is 0 Å². The normalized spacial score (nSPS) is 10.4. The average Bonchev–Trinajstić information content (AvgIpc) is 3.16. The second-order valence-electron chi connectivity index (χ2n) is 5.91. The maximum atomic E-state index is 12.2. The molecule has 0 saturated heterocycles. The molecule has 0 aliphatic heterocycles. The van der Waals surface area contributed by atoms with Gasteiger partial charge in [-0.2, -0.15) is 0 Å². The van der Waals surface area contributed by atoms with E-state index in [2.05, 4.69) is 25.8 Å². The lowest BCUT2D eigenvalue weighted by Crippen LogP contribution is -2.14. The van der Waals surface area contributed by atoms with Crippen LogP contribution in [0.15, 0.2) is 47.6 Å². The fraction of sp³-hybridized carbons (Fsp3) is 0.158. The topological polar surface area (TPSA) is 109 Å². The van der Waals surface area contributed by atoms with Crippen LogP contribution in [0.5, 0.6) is 5.75 Å². The average molecular weight is 432 g/mol. The highest BCUT2D eigenvalue weighted by Crippen LogP contribution is 2.31. The van der Waals surface area contributed by atoms with E-state index in [0.717, 1.165) is 0 Å². The minimum absolute atomic E-state index is 0.136. The first-order valence-electron chi connectivity index (χ1n) is 8.51. The van der Waals surface area contributed by atoms with Gasteiger partial charge in [0, 0.05) is 23.3 Å². The van der Waals surface area contributed by atoms with E-state index < -0.39 is 0 Å². The number of methoxy groups -OCH3 is 1. The molecule has 2 aromatic carbocycles. The van der Waals surface area contributed by atoms with Gasteiger partial charge in [-0.25, -0.2) is 4.98 Å². The number of hydrogen-bond donors (Lipinski definition) is 3. The highest BCUT2D eigenvalue weighted by atomic mass is 35.5. The highest BCUT2D eigenvalue weighted by Gasteiger charge is 2.13. The van der Waals surface area contributed by atoms with E-state index >= 15 is 0 Å². The van der Waals surface area contributed by atoms with Gasteiger partial charge in [-0.05, 0) is 42.5 Å². The lowest BCUT2D eigenvalue weighted by Gasteiger charge is -2.06. The molecule has 29 heavy (non-hydrogen) atoms. The third-order valence-corrected chi connectivity index (χ3v) is 4.79. The monoisotopic (exact) mass is 431 g/mol. The number of amides is 2. The Hall–Kier alpha value is -3.04. The summed E-state index contributed by atoms with van der Waals surface area (Å²) < 4.78 is 5.32. The van der Waals surface area contributed by atoms with Gasteiger partial charge in [0.2, 0.25) is 17.0 Å². The number of aromatic amines is 1. The van der Waals surface area contributed by atoms with E-state index in [1.807, 2.05) is 0 Å². The Balaban J connectivity index is 1.57. The molecule has 0 aliphatic rings. The number of nitrogens with one attached hydrogen (secondary N) is 3. The number of nitrogens with zero attached hydrogens (tertiary/aromatic N) is 2. The van der Waals surface area contributed by atoms with Crippen LogP contribution in [0.3, 0.4) is 0 Å². The van der Waals surface area contributed by atoms with Crippen LogP contribution < -0.4 is 15.4 Å². The smallest absolute Gasteiger partial charge is 0.234 e. The van der Waals surface area contributed by atoms with Gasteiger partial charge in [0.15, 0.2) is 5.82 Å². The largest absolute Gasteiger partial charge is 0.496 e. The first kappa shape index (κ1) is 20.7. The Morgan fingerprint density at radius 1 is 1.14 bits per heavy atom. The molecule has 0 radical (unpaired) electrons. The minimum Gasteiger partial charge on any atom is -0.496 e. The molecular formula is C19H18ClN5O3S. The number of benzene rings is 2. The molecule has 1 heterocycles. The zero-order valence-corrected chi connectivity index (χ0v) is 17.2. The van der Waals surface area contributed by atoms with Crippen LogP contribution in [0.4, 0.5) is 11.4 Å². The number of halogens is 1. The number of aromatic nitrogens is 3. The minimum atomic E-state index is -0.200. The van der Waals surface area contributed by atoms with Crippen LogP contribution in [0.1, 0.15) is 6.92 Å². The summed E-state index contributed by atoms with van der Waals surface area (Å²) in [5.74, 6) is 0.897. The number of rotatable bonds is 7. The summed E-state index contributed by atoms with van der Waals surface area (Å²) in [4.78, 5) is 27.6. The molecule has 0 atom stereocenters. The van der Waals surface area contributed by atoms with Crippen LogP contribution in [0.25, 0.3) is 11.4 Å². The van der Waals surface area contributed by atoms with E-state index in [9.17, 15) is 9.59 Å². The molecular weight excluding hydrogens is 414 g/mol. The number of thioether (sulfide) groups is 1. The van der Waals surface area contributed by atoms with Crippen molar-refractivity contribution in [1.82, 2.24) is 15.2 Å². The van der Waals surface area contributed by atoms with Gasteiger partial charge in [-0.15, -0.1) is 5.10 Å². The number of anilines is 2. The number of H-pyrrole nitrogens is 1. The zero-order chi connectivity index (χ0) is 20.8. The molecule has 0 bridgehead atoms. The maximum absolute atomic E-state index is 12.2. The van der Waals surface area contributed by atoms with E-state index in [1.54, 1.807) is 49.6 Å². The van der Waals surface area contributed by atoms with E-state index in [1.165, 1.54) is 18.7 Å². The zero-order valence-electron chi connectivity index (χ0n) is 15.7. The Kier molecular flexibility index (Phi) is 6.73. The van der Waals surface area contributed by atoms with Crippen molar-refractivity contribution in [1.29, 1.82) is 0 Å². The van der Waals surface area contributed by atoms with Crippen molar-refractivity contribution in [2.75, 3.05) is 23.5 Å². The Morgan fingerprint density at radius 2 is 1.83 bits per heavy atom. The first-order chi connectivity index (χ1) is 13.9. The molecule has 0 aliphatic carbocycles. The van der Waals surface area contributed by atoms with Crippen molar-refractivity contribution in [3.8, 4) is 17.1 Å². The summed E-state index contributed by atoms with van der Waals surface area (Å²) in [6.45, 7) is 1.43. The Bertz CT molecular complexity index is 1020. The van der Waals surface area contributed by atoms with Crippen molar-refractivity contribution in [2.45, 2.75) is 12.1 Å². The Labute approximate surface area is 176 Å². The van der Waals surface area contributed by atoms with Crippen molar-refractivity contribution >= 4 is 46.6 Å². The number of carbonyl (C=O) groups excluding carboxylic acids is 2. The predicted molar refractivity (Wildman–Crippen MR) is 113 cm³/mol. The second-order valence-corrected chi connectivity index (χ2v) is 7.29. The SMILES string of the molecule is COc1ccc(Cl)cc1-c1nc(SCC(=O)Nc2ccc(NC(C)=O)cc2)n[nH]1. The van der Waals surface area contributed by atoms with Gasteiger partial charge in [0.1, 0.15) is 5.75 Å². The lowest BCUT2D eigenvalue weighted by molar-refractivity contribution is -0.114. The summed E-state index contributed by atoms with van der Waals surface area (Å²) in [7, 11) is 1.56. The van der Waals surface area contributed by atoms with Gasteiger partial charge in [-0.3, -0.25) is 14.7 Å². The van der Waals surface area contributed by atoms with Gasteiger partial charge in [0.05, 0.1) is 18.4 Å². The number of hydrogen-bond acceptors (Lipinski definition) is 6. The summed E-state index contributed by atoms with van der Waals surface area (Å²) in [6, 6.07) is 12.1. The van der Waals surface area contributed by atoms with E-state index in [-0.39, 0.29) is 17.6 Å². The second kappa shape index (κ2) is 9.44. The summed E-state index contributed by atoms with van der Waals surface area (Å²) in [5.41, 5.74) is 1.97. The van der Waals surface area contributed by atoms with Crippen molar-refractivity contribution in [3.05, 3.63) is 47.5 Å². The van der Waals surface area contributed by atoms with Gasteiger partial charge >= 0.3 is 0 Å². The van der Waals surface area contributed by atoms with Crippen LogP contribution in [-0.4, -0.2) is 39.9 Å². The molecule has 0 saturated carbocycles. The summed E-state index contributed by atoms with van der Waals surface area (Å²) in [5, 5.41) is 13.4. The molecule has 0 fully saturated rings. The molecule has 3 N–H and O–H groups in total. The quantitative estimate of drug-likeness (QED) is 0.490. The van der Waals surface area contributed by atoms with Crippen LogP contribution in [0, 0.1) is 0 Å². The number of carbonyl (C=O) groups is 2. The lowest BCUT2D eigenvalue weighted by atomic mass is 10.2. The van der Waals surface area contributed by atoms with Crippen LogP contribution in [0.2, 0.25) is 5.02 Å².